The molecule has 4 nitrogen and oxygen atoms in total. The number of nitrogens with zero attached hydrogens (tertiary/aromatic N) is 2. The lowest BCUT2D eigenvalue weighted by molar-refractivity contribution is -0.130. The molecule has 0 bridgehead atoms. The number of amides is 1. The number of nitrogens with two attached hydrogens (primary N) is 1. The van der Waals surface area contributed by atoms with Crippen LogP contribution in [0.5, 0.6) is 0 Å². The first-order valence-electron chi connectivity index (χ1n) is 6.31. The Morgan fingerprint density at radius 3 is 2.72 bits per heavy atom. The van der Waals surface area contributed by atoms with E-state index < -0.39 is 0 Å². The molecule has 0 aliphatic carbocycles. The SMILES string of the molecule is CN(CCc1ccccn1)C(=O)CCC(C)(C)N. The van der Waals surface area contributed by atoms with Crippen LogP contribution in [0.1, 0.15) is 32.4 Å². The molecule has 1 rings (SSSR count). The Morgan fingerprint density at radius 1 is 1.44 bits per heavy atom. The van der Waals surface area contributed by atoms with Crippen molar-refractivity contribution in [1.82, 2.24) is 9.88 Å². The van der Waals surface area contributed by atoms with Crippen molar-refractivity contribution in [2.24, 2.45) is 5.73 Å². The van der Waals surface area contributed by atoms with Gasteiger partial charge >= 0.3 is 0 Å². The van der Waals surface area contributed by atoms with Crippen molar-refractivity contribution in [3.05, 3.63) is 30.1 Å². The molecule has 0 saturated carbocycles. The average Bonchev–Trinajstić information content (AvgIpc) is 2.33. The Kier molecular flexibility index (Phi) is 5.28. The van der Waals surface area contributed by atoms with Gasteiger partial charge in [0.25, 0.3) is 0 Å². The molecule has 1 aromatic heterocycles. The molecule has 1 aromatic rings. The molecule has 4 heteroatoms. The Balaban J connectivity index is 2.32. The quantitative estimate of drug-likeness (QED) is 0.833. The van der Waals surface area contributed by atoms with Crippen molar-refractivity contribution in [3.63, 3.8) is 0 Å². The highest BCUT2D eigenvalue weighted by Gasteiger charge is 2.15. The van der Waals surface area contributed by atoms with E-state index in [0.29, 0.717) is 19.4 Å². The van der Waals surface area contributed by atoms with Gasteiger partial charge in [0, 0.05) is 43.9 Å². The van der Waals surface area contributed by atoms with Crippen LogP contribution >= 0.6 is 0 Å². The van der Waals surface area contributed by atoms with E-state index in [9.17, 15) is 4.79 Å². The molecule has 0 aliphatic heterocycles. The van der Waals surface area contributed by atoms with Crippen LogP contribution in [0, 0.1) is 0 Å². The lowest BCUT2D eigenvalue weighted by Gasteiger charge is -2.21. The van der Waals surface area contributed by atoms with Crippen LogP contribution in [-0.2, 0) is 11.2 Å². The zero-order valence-electron chi connectivity index (χ0n) is 11.5. The summed E-state index contributed by atoms with van der Waals surface area (Å²) in [4.78, 5) is 17.8. The van der Waals surface area contributed by atoms with E-state index in [1.54, 1.807) is 11.1 Å². The van der Waals surface area contributed by atoms with Crippen LogP contribution in [-0.4, -0.2) is 34.9 Å². The fourth-order valence-corrected chi connectivity index (χ4v) is 1.57. The van der Waals surface area contributed by atoms with E-state index in [0.717, 1.165) is 12.1 Å². The predicted octanol–water partition coefficient (Wildman–Crippen LogP) is 1.60. The number of rotatable bonds is 6. The minimum Gasteiger partial charge on any atom is -0.345 e. The van der Waals surface area contributed by atoms with Crippen LogP contribution < -0.4 is 5.73 Å². The summed E-state index contributed by atoms with van der Waals surface area (Å²) in [5.74, 6) is 0.143. The summed E-state index contributed by atoms with van der Waals surface area (Å²) in [5, 5.41) is 0. The van der Waals surface area contributed by atoms with Gasteiger partial charge in [-0.1, -0.05) is 6.07 Å². The molecule has 2 N–H and O–H groups in total. The first-order valence-corrected chi connectivity index (χ1v) is 6.31. The molecule has 100 valence electrons. The van der Waals surface area contributed by atoms with Crippen molar-refractivity contribution < 1.29 is 4.79 Å². The standard InChI is InChI=1S/C14H23N3O/c1-14(2,15)9-7-13(18)17(3)11-8-12-6-4-5-10-16-12/h4-6,10H,7-9,11,15H2,1-3H3. The third kappa shape index (κ3) is 5.77. The first-order chi connectivity index (χ1) is 8.38. The maximum atomic E-state index is 11.9. The number of aromatic nitrogens is 1. The van der Waals surface area contributed by atoms with Gasteiger partial charge in [-0.3, -0.25) is 9.78 Å². The maximum absolute atomic E-state index is 11.9. The Bertz CT molecular complexity index is 370. The lowest BCUT2D eigenvalue weighted by Crippen LogP contribution is -2.35. The maximum Gasteiger partial charge on any atom is 0.222 e. The number of hydrogen-bond donors (Lipinski definition) is 1. The van der Waals surface area contributed by atoms with Crippen LogP contribution in [0.3, 0.4) is 0 Å². The number of carbonyl (C=O) groups is 1. The fourth-order valence-electron chi connectivity index (χ4n) is 1.57. The molecule has 1 heterocycles. The van der Waals surface area contributed by atoms with Gasteiger partial charge in [-0.2, -0.15) is 0 Å². The van der Waals surface area contributed by atoms with E-state index in [2.05, 4.69) is 4.98 Å². The van der Waals surface area contributed by atoms with Gasteiger partial charge in [0.1, 0.15) is 0 Å². The molecule has 0 saturated heterocycles. The van der Waals surface area contributed by atoms with Crippen LogP contribution in [0.4, 0.5) is 0 Å². The zero-order valence-corrected chi connectivity index (χ0v) is 11.5. The first kappa shape index (κ1) is 14.6. The molecule has 0 atom stereocenters. The number of carbonyl (C=O) groups excluding carboxylic acids is 1. The van der Waals surface area contributed by atoms with Crippen molar-refractivity contribution in [2.75, 3.05) is 13.6 Å². The summed E-state index contributed by atoms with van der Waals surface area (Å²) >= 11 is 0. The second-order valence-electron chi connectivity index (χ2n) is 5.37. The van der Waals surface area contributed by atoms with Gasteiger partial charge in [-0.15, -0.1) is 0 Å². The smallest absolute Gasteiger partial charge is 0.222 e. The summed E-state index contributed by atoms with van der Waals surface area (Å²) < 4.78 is 0. The Labute approximate surface area is 109 Å². The minimum atomic E-state index is -0.280. The average molecular weight is 249 g/mol. The van der Waals surface area contributed by atoms with Crippen molar-refractivity contribution in [2.45, 2.75) is 38.6 Å². The largest absolute Gasteiger partial charge is 0.345 e. The monoisotopic (exact) mass is 249 g/mol. The van der Waals surface area contributed by atoms with E-state index in [-0.39, 0.29) is 11.4 Å². The van der Waals surface area contributed by atoms with Crippen molar-refractivity contribution in [3.8, 4) is 0 Å². The summed E-state index contributed by atoms with van der Waals surface area (Å²) in [5.41, 5.74) is 6.60. The Hall–Kier alpha value is -1.42. The van der Waals surface area contributed by atoms with Crippen molar-refractivity contribution in [1.29, 1.82) is 0 Å². The van der Waals surface area contributed by atoms with Crippen LogP contribution in [0.2, 0.25) is 0 Å². The normalized spacial score (nSPS) is 11.3. The second kappa shape index (κ2) is 6.50. The highest BCUT2D eigenvalue weighted by Crippen LogP contribution is 2.08. The molecule has 0 fully saturated rings. The summed E-state index contributed by atoms with van der Waals surface area (Å²) in [7, 11) is 1.83. The molecular weight excluding hydrogens is 226 g/mol. The van der Waals surface area contributed by atoms with Gasteiger partial charge in [0.15, 0.2) is 0 Å². The molecule has 0 radical (unpaired) electrons. The topological polar surface area (TPSA) is 59.2 Å². The second-order valence-corrected chi connectivity index (χ2v) is 5.37. The van der Waals surface area contributed by atoms with E-state index in [1.807, 2.05) is 39.1 Å². The van der Waals surface area contributed by atoms with Gasteiger partial charge in [0.05, 0.1) is 0 Å². The molecule has 0 aliphatic rings. The Morgan fingerprint density at radius 2 is 2.17 bits per heavy atom. The lowest BCUT2D eigenvalue weighted by atomic mass is 10.00. The summed E-state index contributed by atoms with van der Waals surface area (Å²) in [6.07, 6.45) is 3.77. The van der Waals surface area contributed by atoms with E-state index in [1.165, 1.54) is 0 Å². The fraction of sp³-hybridized carbons (Fsp3) is 0.571. The van der Waals surface area contributed by atoms with Gasteiger partial charge < -0.3 is 10.6 Å². The summed E-state index contributed by atoms with van der Waals surface area (Å²) in [6.45, 7) is 4.57. The van der Waals surface area contributed by atoms with Crippen LogP contribution in [0.15, 0.2) is 24.4 Å². The van der Waals surface area contributed by atoms with E-state index in [4.69, 9.17) is 5.73 Å². The molecule has 0 unspecified atom stereocenters. The number of pyridine rings is 1. The molecule has 18 heavy (non-hydrogen) atoms. The zero-order chi connectivity index (χ0) is 13.6. The van der Waals surface area contributed by atoms with Gasteiger partial charge in [-0.05, 0) is 32.4 Å². The molecular formula is C14H23N3O. The third-order valence-corrected chi connectivity index (χ3v) is 2.84. The summed E-state index contributed by atoms with van der Waals surface area (Å²) in [6, 6.07) is 5.82. The van der Waals surface area contributed by atoms with Gasteiger partial charge in [0.2, 0.25) is 5.91 Å². The highest BCUT2D eigenvalue weighted by atomic mass is 16.2. The number of likely N-dealkylation sites (N-methyl/N-ethyl adjacent to an activating group) is 1. The van der Waals surface area contributed by atoms with Crippen molar-refractivity contribution >= 4 is 5.91 Å². The van der Waals surface area contributed by atoms with E-state index >= 15 is 0 Å². The van der Waals surface area contributed by atoms with Crippen LogP contribution in [0.25, 0.3) is 0 Å². The number of hydrogen-bond acceptors (Lipinski definition) is 3. The molecule has 1 amide bonds. The predicted molar refractivity (Wildman–Crippen MR) is 73.1 cm³/mol. The minimum absolute atomic E-state index is 0.143. The highest BCUT2D eigenvalue weighted by molar-refractivity contribution is 5.75. The molecule has 0 spiro atoms. The third-order valence-electron chi connectivity index (χ3n) is 2.84. The molecule has 0 aromatic carbocycles. The van der Waals surface area contributed by atoms with Gasteiger partial charge in [-0.25, -0.2) is 0 Å².